The van der Waals surface area contributed by atoms with Gasteiger partial charge in [0.25, 0.3) is 0 Å². The van der Waals surface area contributed by atoms with Gasteiger partial charge in [0.15, 0.2) is 5.78 Å². The second-order valence-corrected chi connectivity index (χ2v) is 5.32. The Morgan fingerprint density at radius 3 is 2.94 bits per heavy atom. The van der Waals surface area contributed by atoms with E-state index in [4.69, 9.17) is 0 Å². The zero-order valence-corrected chi connectivity index (χ0v) is 11.5. The number of carbonyl (C=O) groups excluding carboxylic acids is 1. The van der Waals surface area contributed by atoms with Crippen LogP contribution >= 0.6 is 0 Å². The molecule has 1 aliphatic heterocycles. The normalized spacial score (nSPS) is 20.9. The van der Waals surface area contributed by atoms with Gasteiger partial charge in [0.1, 0.15) is 0 Å². The van der Waals surface area contributed by atoms with Gasteiger partial charge < -0.3 is 0 Å². The largest absolute Gasteiger partial charge is 0.293 e. The molecular weight excluding hydrogens is 222 g/mol. The number of piperidine rings is 1. The van der Waals surface area contributed by atoms with Gasteiger partial charge in [0.2, 0.25) is 0 Å². The minimum Gasteiger partial charge on any atom is -0.293 e. The van der Waals surface area contributed by atoms with Crippen molar-refractivity contribution in [3.05, 3.63) is 35.4 Å². The summed E-state index contributed by atoms with van der Waals surface area (Å²) in [7, 11) is 0. The quantitative estimate of drug-likeness (QED) is 0.757. The summed E-state index contributed by atoms with van der Waals surface area (Å²) in [6, 6.07) is 8.53. The highest BCUT2D eigenvalue weighted by Crippen LogP contribution is 2.19. The van der Waals surface area contributed by atoms with Crippen LogP contribution in [0.5, 0.6) is 0 Å². The van der Waals surface area contributed by atoms with E-state index in [-0.39, 0.29) is 5.78 Å². The first-order valence-electron chi connectivity index (χ1n) is 7.04. The lowest BCUT2D eigenvalue weighted by molar-refractivity contribution is 0.0838. The van der Waals surface area contributed by atoms with Crippen LogP contribution in [0.3, 0.4) is 0 Å². The molecule has 1 atom stereocenters. The molecule has 0 radical (unpaired) electrons. The Morgan fingerprint density at radius 2 is 2.22 bits per heavy atom. The Hall–Kier alpha value is -1.15. The number of hydrogen-bond acceptors (Lipinski definition) is 2. The van der Waals surface area contributed by atoms with E-state index in [2.05, 4.69) is 11.8 Å². The number of likely N-dealkylation sites (tertiary alicyclic amines) is 1. The molecule has 0 saturated carbocycles. The van der Waals surface area contributed by atoms with Crippen molar-refractivity contribution in [1.82, 2.24) is 4.90 Å². The van der Waals surface area contributed by atoms with Crippen molar-refractivity contribution in [2.24, 2.45) is 0 Å². The maximum absolute atomic E-state index is 12.3. The van der Waals surface area contributed by atoms with Gasteiger partial charge in [-0.3, -0.25) is 9.69 Å². The van der Waals surface area contributed by atoms with Crippen LogP contribution in [0, 0.1) is 6.92 Å². The lowest BCUT2D eigenvalue weighted by Crippen LogP contribution is -2.42. The molecule has 0 spiro atoms. The number of carbonyl (C=O) groups is 1. The number of Topliss-reactive ketones (excluding diaryl/α,β-unsaturated/α-hetero) is 1. The highest BCUT2D eigenvalue weighted by molar-refractivity contribution is 5.97. The maximum atomic E-state index is 12.3. The molecule has 98 valence electrons. The Balaban J connectivity index is 2.02. The van der Waals surface area contributed by atoms with Crippen molar-refractivity contribution >= 4 is 5.78 Å². The first-order valence-corrected chi connectivity index (χ1v) is 7.04. The topological polar surface area (TPSA) is 20.3 Å². The molecule has 0 bridgehead atoms. The molecule has 2 rings (SSSR count). The molecule has 1 saturated heterocycles. The van der Waals surface area contributed by atoms with Crippen LogP contribution < -0.4 is 0 Å². The van der Waals surface area contributed by atoms with E-state index in [1.165, 1.54) is 19.3 Å². The van der Waals surface area contributed by atoms with Crippen molar-refractivity contribution in [1.29, 1.82) is 0 Å². The van der Waals surface area contributed by atoms with Gasteiger partial charge in [-0.1, -0.05) is 37.1 Å². The van der Waals surface area contributed by atoms with Crippen LogP contribution in [0.25, 0.3) is 0 Å². The third-order valence-corrected chi connectivity index (χ3v) is 3.91. The summed E-state index contributed by atoms with van der Waals surface area (Å²) in [6.07, 6.45) is 4.95. The van der Waals surface area contributed by atoms with E-state index >= 15 is 0 Å². The van der Waals surface area contributed by atoms with Gasteiger partial charge >= 0.3 is 0 Å². The molecule has 18 heavy (non-hydrogen) atoms. The van der Waals surface area contributed by atoms with E-state index in [0.29, 0.717) is 12.6 Å². The van der Waals surface area contributed by atoms with Gasteiger partial charge in [0.05, 0.1) is 6.54 Å². The first-order chi connectivity index (χ1) is 8.70. The Morgan fingerprint density at radius 1 is 1.39 bits per heavy atom. The van der Waals surface area contributed by atoms with Crippen LogP contribution in [0.1, 0.15) is 48.5 Å². The van der Waals surface area contributed by atoms with Crippen molar-refractivity contribution < 1.29 is 4.79 Å². The predicted octanol–water partition coefficient (Wildman–Crippen LogP) is 3.44. The minimum absolute atomic E-state index is 0.263. The lowest BCUT2D eigenvalue weighted by Gasteiger charge is -2.34. The number of nitrogens with zero attached hydrogens (tertiary/aromatic N) is 1. The molecule has 1 heterocycles. The van der Waals surface area contributed by atoms with E-state index in [0.717, 1.165) is 24.1 Å². The molecule has 1 aromatic rings. The van der Waals surface area contributed by atoms with Gasteiger partial charge in [-0.15, -0.1) is 0 Å². The molecule has 2 heteroatoms. The van der Waals surface area contributed by atoms with Crippen molar-refractivity contribution in [2.75, 3.05) is 13.1 Å². The fraction of sp³-hybridized carbons (Fsp3) is 0.562. The summed E-state index contributed by atoms with van der Waals surface area (Å²) < 4.78 is 0. The molecular formula is C16H23NO. The lowest BCUT2D eigenvalue weighted by atomic mass is 9.99. The first kappa shape index (κ1) is 13.3. The number of benzene rings is 1. The van der Waals surface area contributed by atoms with Crippen LogP contribution in [0.15, 0.2) is 24.3 Å². The average Bonchev–Trinajstić information content (AvgIpc) is 2.39. The van der Waals surface area contributed by atoms with Crippen LogP contribution in [-0.2, 0) is 0 Å². The zero-order chi connectivity index (χ0) is 13.0. The van der Waals surface area contributed by atoms with Gasteiger partial charge in [0, 0.05) is 11.6 Å². The SMILES string of the molecule is CCC1CCCCN1CC(=O)c1cccc(C)c1. The second kappa shape index (κ2) is 6.14. The molecule has 0 amide bonds. The number of hydrogen-bond donors (Lipinski definition) is 0. The third kappa shape index (κ3) is 3.20. The monoisotopic (exact) mass is 245 g/mol. The number of ketones is 1. The van der Waals surface area contributed by atoms with Crippen LogP contribution in [0.4, 0.5) is 0 Å². The van der Waals surface area contributed by atoms with E-state index < -0.39 is 0 Å². The highest BCUT2D eigenvalue weighted by atomic mass is 16.1. The minimum atomic E-state index is 0.263. The maximum Gasteiger partial charge on any atom is 0.176 e. The van der Waals surface area contributed by atoms with Gasteiger partial charge in [-0.05, 0) is 38.8 Å². The van der Waals surface area contributed by atoms with Gasteiger partial charge in [-0.2, -0.15) is 0 Å². The van der Waals surface area contributed by atoms with Crippen LogP contribution in [0.2, 0.25) is 0 Å². The summed E-state index contributed by atoms with van der Waals surface area (Å²) in [5.41, 5.74) is 2.02. The van der Waals surface area contributed by atoms with E-state index in [9.17, 15) is 4.79 Å². The fourth-order valence-corrected chi connectivity index (χ4v) is 2.82. The Bertz CT molecular complexity index is 413. The predicted molar refractivity (Wildman–Crippen MR) is 75.0 cm³/mol. The second-order valence-electron chi connectivity index (χ2n) is 5.32. The number of aryl methyl sites for hydroxylation is 1. The molecule has 1 aliphatic rings. The summed E-state index contributed by atoms with van der Waals surface area (Å²) in [4.78, 5) is 14.7. The fourth-order valence-electron chi connectivity index (χ4n) is 2.82. The molecule has 1 fully saturated rings. The summed E-state index contributed by atoms with van der Waals surface area (Å²) >= 11 is 0. The molecule has 0 N–H and O–H groups in total. The molecule has 1 aromatic carbocycles. The average molecular weight is 245 g/mol. The Labute approximate surface area is 110 Å². The van der Waals surface area contributed by atoms with Crippen molar-refractivity contribution in [3.63, 3.8) is 0 Å². The highest BCUT2D eigenvalue weighted by Gasteiger charge is 2.23. The Kier molecular flexibility index (Phi) is 4.54. The summed E-state index contributed by atoms with van der Waals surface area (Å²) in [5, 5.41) is 0. The molecule has 2 nitrogen and oxygen atoms in total. The third-order valence-electron chi connectivity index (χ3n) is 3.91. The van der Waals surface area contributed by atoms with Crippen LogP contribution in [-0.4, -0.2) is 29.8 Å². The molecule has 0 aliphatic carbocycles. The standard InChI is InChI=1S/C16H23NO/c1-3-15-9-4-5-10-17(15)12-16(18)14-8-6-7-13(2)11-14/h6-8,11,15H,3-5,9-10,12H2,1-2H3. The number of rotatable bonds is 4. The molecule has 1 unspecified atom stereocenters. The van der Waals surface area contributed by atoms with E-state index in [1.54, 1.807) is 0 Å². The summed E-state index contributed by atoms with van der Waals surface area (Å²) in [5.74, 6) is 0.263. The van der Waals surface area contributed by atoms with Crippen molar-refractivity contribution in [3.8, 4) is 0 Å². The smallest absolute Gasteiger partial charge is 0.176 e. The summed E-state index contributed by atoms with van der Waals surface area (Å²) in [6.45, 7) is 5.92. The van der Waals surface area contributed by atoms with Gasteiger partial charge in [-0.25, -0.2) is 0 Å². The zero-order valence-electron chi connectivity index (χ0n) is 11.5. The molecule has 0 aromatic heterocycles. The van der Waals surface area contributed by atoms with Crippen molar-refractivity contribution in [2.45, 2.75) is 45.6 Å². The van der Waals surface area contributed by atoms with E-state index in [1.807, 2.05) is 31.2 Å².